The molecule has 1 N–H and O–H groups in total. The molecule has 0 aliphatic rings. The fourth-order valence-corrected chi connectivity index (χ4v) is 2.36. The Balaban J connectivity index is 2.79. The number of carbonyl (C=O) groups excluding carboxylic acids is 1. The van der Waals surface area contributed by atoms with Gasteiger partial charge in [0.15, 0.2) is 0 Å². The maximum absolute atomic E-state index is 12.3. The molecule has 1 unspecified atom stereocenters. The number of nitrogens with zero attached hydrogens (tertiary/aromatic N) is 1. The minimum atomic E-state index is 0.00310. The van der Waals surface area contributed by atoms with Crippen LogP contribution in [0.3, 0.4) is 0 Å². The Labute approximate surface area is 124 Å². The Bertz CT molecular complexity index is 418. The minimum Gasteiger partial charge on any atom is -0.378 e. The highest BCUT2D eigenvalue weighted by Gasteiger charge is 2.16. The Hall–Kier alpha value is -1.03. The summed E-state index contributed by atoms with van der Waals surface area (Å²) in [5.41, 5.74) is 1.75. The van der Waals surface area contributed by atoms with Crippen LogP contribution >= 0.6 is 15.9 Å². The van der Waals surface area contributed by atoms with Crippen molar-refractivity contribution in [3.8, 4) is 0 Å². The zero-order chi connectivity index (χ0) is 14.4. The van der Waals surface area contributed by atoms with Crippen LogP contribution in [0.5, 0.6) is 0 Å². The molecule has 4 heteroatoms. The second-order valence-corrected chi connectivity index (χ2v) is 6.04. The molecule has 0 saturated heterocycles. The SMILES string of the molecule is CC(C)C(CCBr)NC(=O)c1cccc(N(C)C)c1. The lowest BCUT2D eigenvalue weighted by Crippen LogP contribution is -2.38. The fourth-order valence-electron chi connectivity index (χ4n) is 1.87. The van der Waals surface area contributed by atoms with Crippen LogP contribution in [-0.2, 0) is 0 Å². The van der Waals surface area contributed by atoms with Crippen molar-refractivity contribution < 1.29 is 4.79 Å². The summed E-state index contributed by atoms with van der Waals surface area (Å²) in [6, 6.07) is 7.89. The average Bonchev–Trinajstić information content (AvgIpc) is 2.38. The predicted octanol–water partition coefficient (Wildman–Crippen LogP) is 3.29. The van der Waals surface area contributed by atoms with Gasteiger partial charge in [0.1, 0.15) is 0 Å². The van der Waals surface area contributed by atoms with Gasteiger partial charge < -0.3 is 10.2 Å². The zero-order valence-electron chi connectivity index (χ0n) is 12.1. The number of carbonyl (C=O) groups is 1. The number of nitrogens with one attached hydrogen (secondary N) is 1. The molecule has 0 saturated carbocycles. The van der Waals surface area contributed by atoms with Crippen molar-refractivity contribution in [2.75, 3.05) is 24.3 Å². The molecule has 0 bridgehead atoms. The molecule has 1 rings (SSSR count). The molecule has 1 aromatic rings. The van der Waals surface area contributed by atoms with Gasteiger partial charge in [0.25, 0.3) is 5.91 Å². The van der Waals surface area contributed by atoms with Crippen LogP contribution in [0.4, 0.5) is 5.69 Å². The van der Waals surface area contributed by atoms with Crippen molar-refractivity contribution in [3.05, 3.63) is 29.8 Å². The summed E-state index contributed by atoms with van der Waals surface area (Å²) in [4.78, 5) is 14.3. The number of rotatable bonds is 6. The van der Waals surface area contributed by atoms with Gasteiger partial charge in [0, 0.05) is 36.7 Å². The van der Waals surface area contributed by atoms with Crippen LogP contribution < -0.4 is 10.2 Å². The van der Waals surface area contributed by atoms with E-state index in [9.17, 15) is 4.79 Å². The van der Waals surface area contributed by atoms with E-state index in [1.54, 1.807) is 0 Å². The largest absolute Gasteiger partial charge is 0.378 e. The summed E-state index contributed by atoms with van der Waals surface area (Å²) in [5, 5.41) is 4.01. The van der Waals surface area contributed by atoms with Gasteiger partial charge in [-0.15, -0.1) is 0 Å². The van der Waals surface area contributed by atoms with Crippen LogP contribution in [0.2, 0.25) is 0 Å². The summed E-state index contributed by atoms with van der Waals surface area (Å²) >= 11 is 3.44. The van der Waals surface area contributed by atoms with Gasteiger partial charge in [-0.1, -0.05) is 35.8 Å². The van der Waals surface area contributed by atoms with Gasteiger partial charge in [-0.25, -0.2) is 0 Å². The van der Waals surface area contributed by atoms with E-state index >= 15 is 0 Å². The van der Waals surface area contributed by atoms with E-state index in [4.69, 9.17) is 0 Å². The van der Waals surface area contributed by atoms with Gasteiger partial charge in [0.2, 0.25) is 0 Å². The molecule has 0 aliphatic heterocycles. The first-order chi connectivity index (χ1) is 8.95. The quantitative estimate of drug-likeness (QED) is 0.813. The van der Waals surface area contributed by atoms with Crippen molar-refractivity contribution in [2.45, 2.75) is 26.3 Å². The predicted molar refractivity (Wildman–Crippen MR) is 85.3 cm³/mol. The lowest BCUT2D eigenvalue weighted by molar-refractivity contribution is 0.0925. The molecular formula is C15H23BrN2O. The molecule has 0 aromatic heterocycles. The molecule has 1 amide bonds. The van der Waals surface area contributed by atoms with Crippen LogP contribution in [-0.4, -0.2) is 31.4 Å². The Morgan fingerprint density at radius 2 is 2.05 bits per heavy atom. The van der Waals surface area contributed by atoms with Gasteiger partial charge >= 0.3 is 0 Å². The van der Waals surface area contributed by atoms with Crippen LogP contribution in [0.25, 0.3) is 0 Å². The van der Waals surface area contributed by atoms with E-state index in [0.29, 0.717) is 11.5 Å². The van der Waals surface area contributed by atoms with Gasteiger partial charge in [-0.3, -0.25) is 4.79 Å². The molecule has 3 nitrogen and oxygen atoms in total. The number of amides is 1. The van der Waals surface area contributed by atoms with Gasteiger partial charge in [-0.2, -0.15) is 0 Å². The Morgan fingerprint density at radius 3 is 2.58 bits per heavy atom. The molecule has 0 spiro atoms. The maximum atomic E-state index is 12.3. The molecule has 0 radical (unpaired) electrons. The molecule has 1 atom stereocenters. The number of hydrogen-bond donors (Lipinski definition) is 1. The summed E-state index contributed by atoms with van der Waals surface area (Å²) < 4.78 is 0. The molecular weight excluding hydrogens is 304 g/mol. The van der Waals surface area contributed by atoms with Crippen molar-refractivity contribution in [2.24, 2.45) is 5.92 Å². The van der Waals surface area contributed by atoms with Gasteiger partial charge in [0.05, 0.1) is 0 Å². The highest BCUT2D eigenvalue weighted by atomic mass is 79.9. The molecule has 19 heavy (non-hydrogen) atoms. The normalized spacial score (nSPS) is 12.3. The van der Waals surface area contributed by atoms with Crippen LogP contribution in [0.15, 0.2) is 24.3 Å². The third kappa shape index (κ3) is 4.86. The number of anilines is 1. The van der Waals surface area contributed by atoms with Crippen molar-refractivity contribution >= 4 is 27.5 Å². The number of benzene rings is 1. The second kappa shape index (κ2) is 7.53. The highest BCUT2D eigenvalue weighted by molar-refractivity contribution is 9.09. The first-order valence-electron chi connectivity index (χ1n) is 6.60. The standard InChI is InChI=1S/C15H23BrN2O/c1-11(2)14(8-9-16)17-15(19)12-6-5-7-13(10-12)18(3)4/h5-7,10-11,14H,8-9H2,1-4H3,(H,17,19). The Morgan fingerprint density at radius 1 is 1.37 bits per heavy atom. The van der Waals surface area contributed by atoms with E-state index in [-0.39, 0.29) is 11.9 Å². The lowest BCUT2D eigenvalue weighted by Gasteiger charge is -2.22. The summed E-state index contributed by atoms with van der Waals surface area (Å²) in [5.74, 6) is 0.432. The van der Waals surface area contributed by atoms with Crippen molar-refractivity contribution in [1.29, 1.82) is 0 Å². The molecule has 0 aliphatic carbocycles. The maximum Gasteiger partial charge on any atom is 0.251 e. The average molecular weight is 327 g/mol. The Kier molecular flexibility index (Phi) is 6.35. The van der Waals surface area contributed by atoms with E-state index in [1.165, 1.54) is 0 Å². The molecule has 0 heterocycles. The molecule has 106 valence electrons. The summed E-state index contributed by atoms with van der Waals surface area (Å²) in [6.07, 6.45) is 0.941. The van der Waals surface area contributed by atoms with Crippen LogP contribution in [0, 0.1) is 5.92 Å². The third-order valence-electron chi connectivity index (χ3n) is 3.17. The fraction of sp³-hybridized carbons (Fsp3) is 0.533. The number of halogens is 1. The topological polar surface area (TPSA) is 32.3 Å². The number of alkyl halides is 1. The second-order valence-electron chi connectivity index (χ2n) is 5.25. The summed E-state index contributed by atoms with van der Waals surface area (Å²) in [7, 11) is 3.94. The van der Waals surface area contributed by atoms with E-state index < -0.39 is 0 Å². The lowest BCUT2D eigenvalue weighted by atomic mass is 10.0. The number of hydrogen-bond acceptors (Lipinski definition) is 2. The van der Waals surface area contributed by atoms with E-state index in [0.717, 1.165) is 17.4 Å². The molecule has 0 fully saturated rings. The minimum absolute atomic E-state index is 0.00310. The van der Waals surface area contributed by atoms with Gasteiger partial charge in [-0.05, 0) is 30.5 Å². The van der Waals surface area contributed by atoms with E-state index in [1.807, 2.05) is 43.3 Å². The first-order valence-corrected chi connectivity index (χ1v) is 7.72. The molecule has 1 aromatic carbocycles. The smallest absolute Gasteiger partial charge is 0.251 e. The first kappa shape index (κ1) is 16.0. The van der Waals surface area contributed by atoms with Crippen molar-refractivity contribution in [1.82, 2.24) is 5.32 Å². The highest BCUT2D eigenvalue weighted by Crippen LogP contribution is 2.15. The third-order valence-corrected chi connectivity index (χ3v) is 3.62. The zero-order valence-corrected chi connectivity index (χ0v) is 13.7. The van der Waals surface area contributed by atoms with E-state index in [2.05, 4.69) is 35.1 Å². The monoisotopic (exact) mass is 326 g/mol. The van der Waals surface area contributed by atoms with Crippen LogP contribution in [0.1, 0.15) is 30.6 Å². The summed E-state index contributed by atoms with van der Waals surface area (Å²) in [6.45, 7) is 4.26. The van der Waals surface area contributed by atoms with Crippen molar-refractivity contribution in [3.63, 3.8) is 0 Å².